The van der Waals surface area contributed by atoms with Crippen molar-refractivity contribution in [2.45, 2.75) is 52.0 Å². The largest absolute Gasteiger partial charge is 0.488 e. The summed E-state index contributed by atoms with van der Waals surface area (Å²) in [6.45, 7) is 5.66. The maximum atomic E-state index is 13.7. The minimum atomic E-state index is -1.01. The third kappa shape index (κ3) is 9.21. The van der Waals surface area contributed by atoms with Gasteiger partial charge in [-0.15, -0.1) is 0 Å². The smallest absolute Gasteiger partial charge is 0.408 e. The third-order valence-corrected chi connectivity index (χ3v) is 6.08. The molecule has 0 saturated heterocycles. The number of ether oxygens (including phenoxy) is 3. The molecule has 4 aromatic carbocycles. The van der Waals surface area contributed by atoms with Crippen molar-refractivity contribution in [3.63, 3.8) is 0 Å². The van der Waals surface area contributed by atoms with Gasteiger partial charge >= 0.3 is 12.1 Å². The van der Waals surface area contributed by atoms with Gasteiger partial charge in [0.15, 0.2) is 0 Å². The lowest BCUT2D eigenvalue weighted by Gasteiger charge is -2.23. The summed E-state index contributed by atoms with van der Waals surface area (Å²) in [7, 11) is 0. The van der Waals surface area contributed by atoms with Crippen molar-refractivity contribution >= 4 is 12.1 Å². The highest BCUT2D eigenvalue weighted by Gasteiger charge is 2.26. The maximum absolute atomic E-state index is 13.7. The van der Waals surface area contributed by atoms with E-state index in [1.807, 2.05) is 78.9 Å². The van der Waals surface area contributed by atoms with Gasteiger partial charge in [-0.3, -0.25) is 0 Å². The van der Waals surface area contributed by atoms with E-state index in [9.17, 15) is 14.0 Å². The highest BCUT2D eigenvalue weighted by molar-refractivity contribution is 5.82. The molecule has 0 bridgehead atoms. The van der Waals surface area contributed by atoms with Crippen LogP contribution in [0.1, 0.15) is 37.5 Å². The summed E-state index contributed by atoms with van der Waals surface area (Å²) in [5.41, 5.74) is 3.32. The molecule has 4 rings (SSSR count). The van der Waals surface area contributed by atoms with Crippen molar-refractivity contribution in [2.24, 2.45) is 0 Å². The summed E-state index contributed by atoms with van der Waals surface area (Å²) in [6, 6.07) is 29.7. The van der Waals surface area contributed by atoms with Crippen molar-refractivity contribution in [3.8, 4) is 16.9 Å². The van der Waals surface area contributed by atoms with E-state index in [0.717, 1.165) is 27.8 Å². The maximum Gasteiger partial charge on any atom is 0.408 e. The van der Waals surface area contributed by atoms with Gasteiger partial charge in [0.1, 0.15) is 36.4 Å². The number of halogens is 1. The Morgan fingerprint density at radius 3 is 2.00 bits per heavy atom. The van der Waals surface area contributed by atoms with Gasteiger partial charge < -0.3 is 19.5 Å². The summed E-state index contributed by atoms with van der Waals surface area (Å²) in [6.07, 6.45) is -0.583. The molecule has 0 aromatic heterocycles. The van der Waals surface area contributed by atoms with Crippen LogP contribution in [0.5, 0.6) is 5.75 Å². The van der Waals surface area contributed by atoms with Crippen LogP contribution in [0.15, 0.2) is 103 Å². The summed E-state index contributed by atoms with van der Waals surface area (Å²) in [5.74, 6) is -0.334. The van der Waals surface area contributed by atoms with Gasteiger partial charge in [-0.25, -0.2) is 14.0 Å². The predicted octanol–water partition coefficient (Wildman–Crippen LogP) is 7.25. The zero-order valence-electron chi connectivity index (χ0n) is 23.4. The fourth-order valence-electron chi connectivity index (χ4n) is 4.13. The number of carbonyl (C=O) groups excluding carboxylic acids is 2. The molecule has 1 atom stereocenters. The second-order valence-electron chi connectivity index (χ2n) is 10.6. The van der Waals surface area contributed by atoms with Crippen LogP contribution in [0.4, 0.5) is 9.18 Å². The molecular weight excluding hydrogens is 521 g/mol. The standard InChI is InChI=1S/C34H34FNO5/c1-34(2,3)41-33(38)36-30(32(37)40-23-25-12-8-5-9-13-25)21-26-14-19-31(39-22-24-10-6-4-7-11-24)29(20-26)27-15-17-28(35)18-16-27/h4-20,30H,21-23H2,1-3H3,(H,36,38)/t30-/m0/s1. The molecule has 0 unspecified atom stereocenters. The third-order valence-electron chi connectivity index (χ3n) is 6.08. The first-order valence-corrected chi connectivity index (χ1v) is 13.4. The van der Waals surface area contributed by atoms with Crippen LogP contribution in [-0.4, -0.2) is 23.7 Å². The number of alkyl carbamates (subject to hydrolysis) is 1. The summed E-state index contributed by atoms with van der Waals surface area (Å²) >= 11 is 0. The van der Waals surface area contributed by atoms with E-state index in [1.54, 1.807) is 32.9 Å². The normalized spacial score (nSPS) is 11.8. The molecule has 0 saturated carbocycles. The monoisotopic (exact) mass is 555 g/mol. The lowest BCUT2D eigenvalue weighted by molar-refractivity contribution is -0.147. The molecule has 0 aliphatic rings. The lowest BCUT2D eigenvalue weighted by atomic mass is 9.98. The van der Waals surface area contributed by atoms with Gasteiger partial charge in [0.25, 0.3) is 0 Å². The van der Waals surface area contributed by atoms with Crippen LogP contribution in [0.2, 0.25) is 0 Å². The molecule has 212 valence electrons. The SMILES string of the molecule is CC(C)(C)OC(=O)N[C@@H](Cc1ccc(OCc2ccccc2)c(-c2ccc(F)cc2)c1)C(=O)OCc1ccccc1. The van der Waals surface area contributed by atoms with Crippen LogP contribution < -0.4 is 10.1 Å². The topological polar surface area (TPSA) is 73.9 Å². The molecule has 0 aliphatic carbocycles. The highest BCUT2D eigenvalue weighted by atomic mass is 19.1. The van der Waals surface area contributed by atoms with Gasteiger partial charge in [-0.1, -0.05) is 78.9 Å². The zero-order valence-corrected chi connectivity index (χ0v) is 23.4. The Bertz CT molecular complexity index is 1430. The van der Waals surface area contributed by atoms with Gasteiger partial charge in [-0.05, 0) is 67.3 Å². The minimum absolute atomic E-state index is 0.0687. The molecule has 0 heterocycles. The Morgan fingerprint density at radius 1 is 0.780 bits per heavy atom. The number of hydrogen-bond donors (Lipinski definition) is 1. The number of nitrogens with one attached hydrogen (secondary N) is 1. The van der Waals surface area contributed by atoms with Gasteiger partial charge in [0.2, 0.25) is 0 Å². The summed E-state index contributed by atoms with van der Waals surface area (Å²) in [4.78, 5) is 25.8. The van der Waals surface area contributed by atoms with E-state index in [-0.39, 0.29) is 18.8 Å². The quantitative estimate of drug-likeness (QED) is 0.209. The van der Waals surface area contributed by atoms with Crippen molar-refractivity contribution in [1.82, 2.24) is 5.32 Å². The van der Waals surface area contributed by atoms with Crippen molar-refractivity contribution in [3.05, 3.63) is 126 Å². The second kappa shape index (κ2) is 13.6. The number of rotatable bonds is 10. The number of amides is 1. The van der Waals surface area contributed by atoms with E-state index in [0.29, 0.717) is 12.4 Å². The molecule has 0 radical (unpaired) electrons. The molecule has 41 heavy (non-hydrogen) atoms. The Labute approximate surface area is 240 Å². The Kier molecular flexibility index (Phi) is 9.74. The highest BCUT2D eigenvalue weighted by Crippen LogP contribution is 2.32. The van der Waals surface area contributed by atoms with Gasteiger partial charge in [0, 0.05) is 12.0 Å². The molecule has 0 fully saturated rings. The molecule has 0 aliphatic heterocycles. The molecule has 1 N–H and O–H groups in total. The van der Waals surface area contributed by atoms with Crippen LogP contribution in [-0.2, 0) is 33.9 Å². The lowest BCUT2D eigenvalue weighted by Crippen LogP contribution is -2.45. The fourth-order valence-corrected chi connectivity index (χ4v) is 4.13. The molecule has 7 heteroatoms. The average molecular weight is 556 g/mol. The summed E-state index contributed by atoms with van der Waals surface area (Å²) < 4.78 is 30.8. The number of esters is 1. The van der Waals surface area contributed by atoms with Crippen LogP contribution in [0, 0.1) is 5.82 Å². The molecular formula is C34H34FNO5. The van der Waals surface area contributed by atoms with Crippen LogP contribution >= 0.6 is 0 Å². The molecule has 0 spiro atoms. The minimum Gasteiger partial charge on any atom is -0.488 e. The van der Waals surface area contributed by atoms with Gasteiger partial charge in [-0.2, -0.15) is 0 Å². The van der Waals surface area contributed by atoms with Crippen molar-refractivity contribution in [2.75, 3.05) is 0 Å². The molecule has 6 nitrogen and oxygen atoms in total. The number of carbonyl (C=O) groups is 2. The Hall–Kier alpha value is -4.65. The molecule has 4 aromatic rings. The van der Waals surface area contributed by atoms with E-state index in [2.05, 4.69) is 5.32 Å². The van der Waals surface area contributed by atoms with E-state index in [4.69, 9.17) is 14.2 Å². The summed E-state index contributed by atoms with van der Waals surface area (Å²) in [5, 5.41) is 2.67. The average Bonchev–Trinajstić information content (AvgIpc) is 2.95. The van der Waals surface area contributed by atoms with Crippen LogP contribution in [0.25, 0.3) is 11.1 Å². The Morgan fingerprint density at radius 2 is 1.39 bits per heavy atom. The van der Waals surface area contributed by atoms with Gasteiger partial charge in [0.05, 0.1) is 0 Å². The van der Waals surface area contributed by atoms with E-state index in [1.165, 1.54) is 12.1 Å². The first kappa shape index (κ1) is 29.3. The fraction of sp³-hybridized carbons (Fsp3) is 0.235. The number of benzene rings is 4. The zero-order chi connectivity index (χ0) is 29.2. The second-order valence-corrected chi connectivity index (χ2v) is 10.6. The van der Waals surface area contributed by atoms with E-state index < -0.39 is 23.7 Å². The molecule has 1 amide bonds. The predicted molar refractivity (Wildman–Crippen MR) is 156 cm³/mol. The first-order valence-electron chi connectivity index (χ1n) is 13.4. The van der Waals surface area contributed by atoms with Crippen molar-refractivity contribution in [1.29, 1.82) is 0 Å². The van der Waals surface area contributed by atoms with Crippen molar-refractivity contribution < 1.29 is 28.2 Å². The van der Waals surface area contributed by atoms with Crippen LogP contribution in [0.3, 0.4) is 0 Å². The Balaban J connectivity index is 1.59. The van der Waals surface area contributed by atoms with E-state index >= 15 is 0 Å². The number of hydrogen-bond acceptors (Lipinski definition) is 5. The first-order chi connectivity index (χ1) is 19.7.